The van der Waals surface area contributed by atoms with Crippen molar-refractivity contribution < 1.29 is 9.59 Å². The molecule has 4 nitrogen and oxygen atoms in total. The Morgan fingerprint density at radius 3 is 2.59 bits per heavy atom. The van der Waals surface area contributed by atoms with Gasteiger partial charge in [-0.3, -0.25) is 9.59 Å². The molecule has 5 heteroatoms. The first kappa shape index (κ1) is 19.4. The Bertz CT molecular complexity index is 852. The van der Waals surface area contributed by atoms with Crippen LogP contribution in [-0.4, -0.2) is 42.3 Å². The standard InChI is InChI=1S/C22H25ClN2O2/c1-4-17-6-5-7-20(12-17)24-10-11-25(16(3)15(24)2)22(27)18-8-9-19(14-26)21(23)13-18/h5-9,12-16H,4,10-11H2,1-3H3/t15-,16-/m0/s1. The topological polar surface area (TPSA) is 40.6 Å². The van der Waals surface area contributed by atoms with Gasteiger partial charge < -0.3 is 9.80 Å². The molecule has 0 aromatic heterocycles. The van der Waals surface area contributed by atoms with Gasteiger partial charge in [0.15, 0.2) is 6.29 Å². The number of halogens is 1. The molecule has 1 fully saturated rings. The fourth-order valence-electron chi connectivity index (χ4n) is 3.67. The van der Waals surface area contributed by atoms with Crippen LogP contribution in [0.15, 0.2) is 42.5 Å². The van der Waals surface area contributed by atoms with E-state index in [9.17, 15) is 9.59 Å². The second kappa shape index (κ2) is 8.13. The molecule has 27 heavy (non-hydrogen) atoms. The van der Waals surface area contributed by atoms with E-state index >= 15 is 0 Å². The lowest BCUT2D eigenvalue weighted by molar-refractivity contribution is 0.0634. The number of benzene rings is 2. The van der Waals surface area contributed by atoms with Gasteiger partial charge in [0.1, 0.15) is 0 Å². The summed E-state index contributed by atoms with van der Waals surface area (Å²) in [5.41, 5.74) is 3.44. The second-order valence-corrected chi connectivity index (χ2v) is 7.46. The van der Waals surface area contributed by atoms with Crippen molar-refractivity contribution in [3.05, 3.63) is 64.2 Å². The van der Waals surface area contributed by atoms with Gasteiger partial charge in [-0.05, 0) is 56.2 Å². The first-order valence-corrected chi connectivity index (χ1v) is 9.75. The van der Waals surface area contributed by atoms with Gasteiger partial charge in [0, 0.05) is 42.0 Å². The molecule has 1 amide bonds. The molecule has 1 saturated heterocycles. The fraction of sp³-hybridized carbons (Fsp3) is 0.364. The number of hydrogen-bond donors (Lipinski definition) is 0. The predicted octanol–water partition coefficient (Wildman–Crippen LogP) is 4.45. The van der Waals surface area contributed by atoms with E-state index in [1.165, 1.54) is 11.3 Å². The van der Waals surface area contributed by atoms with Crippen molar-refractivity contribution in [2.45, 2.75) is 39.3 Å². The molecule has 1 aliphatic rings. The van der Waals surface area contributed by atoms with Crippen LogP contribution in [0.3, 0.4) is 0 Å². The van der Waals surface area contributed by atoms with Crippen LogP contribution in [0.4, 0.5) is 5.69 Å². The zero-order chi connectivity index (χ0) is 19.6. The van der Waals surface area contributed by atoms with Gasteiger partial charge in [-0.1, -0.05) is 30.7 Å². The molecule has 3 rings (SSSR count). The largest absolute Gasteiger partial charge is 0.365 e. The van der Waals surface area contributed by atoms with Crippen LogP contribution in [-0.2, 0) is 6.42 Å². The normalized spacial score (nSPS) is 19.9. The SMILES string of the molecule is CCc1cccc(N2CCN(C(=O)c3ccc(C=O)c(Cl)c3)[C@@H](C)[C@@H]2C)c1. The number of aryl methyl sites for hydroxylation is 1. The highest BCUT2D eigenvalue weighted by Gasteiger charge is 2.34. The molecule has 2 aromatic rings. The first-order valence-electron chi connectivity index (χ1n) is 9.37. The highest BCUT2D eigenvalue weighted by atomic mass is 35.5. The number of rotatable bonds is 4. The molecule has 2 aromatic carbocycles. The zero-order valence-corrected chi connectivity index (χ0v) is 16.7. The Hall–Kier alpha value is -2.33. The molecule has 0 N–H and O–H groups in total. The Morgan fingerprint density at radius 1 is 1.15 bits per heavy atom. The third kappa shape index (κ3) is 3.86. The van der Waals surface area contributed by atoms with Crippen molar-refractivity contribution in [2.75, 3.05) is 18.0 Å². The number of carbonyl (C=O) groups is 2. The average Bonchev–Trinajstić information content (AvgIpc) is 2.69. The van der Waals surface area contributed by atoms with Gasteiger partial charge in [-0.15, -0.1) is 0 Å². The number of amides is 1. The summed E-state index contributed by atoms with van der Waals surface area (Å²) in [6, 6.07) is 13.7. The van der Waals surface area contributed by atoms with Crippen LogP contribution in [0.5, 0.6) is 0 Å². The Kier molecular flexibility index (Phi) is 5.85. The summed E-state index contributed by atoms with van der Waals surface area (Å²) < 4.78 is 0. The van der Waals surface area contributed by atoms with E-state index in [4.69, 9.17) is 11.6 Å². The second-order valence-electron chi connectivity index (χ2n) is 7.05. The maximum Gasteiger partial charge on any atom is 0.254 e. The molecule has 0 saturated carbocycles. The Labute approximate surface area is 165 Å². The van der Waals surface area contributed by atoms with Crippen molar-refractivity contribution in [1.82, 2.24) is 4.90 Å². The van der Waals surface area contributed by atoms with E-state index in [1.807, 2.05) is 4.90 Å². The minimum absolute atomic E-state index is 0.0457. The molecule has 0 bridgehead atoms. The fourth-order valence-corrected chi connectivity index (χ4v) is 3.90. The van der Waals surface area contributed by atoms with Gasteiger partial charge in [-0.2, -0.15) is 0 Å². The van der Waals surface area contributed by atoms with Crippen LogP contribution in [0.2, 0.25) is 5.02 Å². The monoisotopic (exact) mass is 384 g/mol. The molecule has 0 unspecified atom stereocenters. The summed E-state index contributed by atoms with van der Waals surface area (Å²) in [6.07, 6.45) is 1.71. The Morgan fingerprint density at radius 2 is 1.93 bits per heavy atom. The lowest BCUT2D eigenvalue weighted by atomic mass is 10.0. The molecule has 142 valence electrons. The Balaban J connectivity index is 1.79. The van der Waals surface area contributed by atoms with Gasteiger partial charge in [0.05, 0.1) is 5.02 Å². The minimum atomic E-state index is -0.0457. The summed E-state index contributed by atoms with van der Waals surface area (Å²) >= 11 is 6.10. The maximum atomic E-state index is 13.0. The molecule has 1 heterocycles. The number of hydrogen-bond acceptors (Lipinski definition) is 3. The maximum absolute atomic E-state index is 13.0. The molecule has 0 aliphatic carbocycles. The molecule has 0 spiro atoms. The quantitative estimate of drug-likeness (QED) is 0.731. The van der Waals surface area contributed by atoms with E-state index in [-0.39, 0.29) is 18.0 Å². The van der Waals surface area contributed by atoms with E-state index in [0.29, 0.717) is 29.0 Å². The van der Waals surface area contributed by atoms with Gasteiger partial charge in [0.25, 0.3) is 5.91 Å². The number of carbonyl (C=O) groups excluding carboxylic acids is 2. The summed E-state index contributed by atoms with van der Waals surface area (Å²) in [5, 5.41) is 0.312. The minimum Gasteiger partial charge on any atom is -0.365 e. The van der Waals surface area contributed by atoms with Crippen molar-refractivity contribution in [3.8, 4) is 0 Å². The van der Waals surface area contributed by atoms with Gasteiger partial charge in [-0.25, -0.2) is 0 Å². The number of anilines is 1. The molecular weight excluding hydrogens is 360 g/mol. The smallest absolute Gasteiger partial charge is 0.254 e. The summed E-state index contributed by atoms with van der Waals surface area (Å²) in [5.74, 6) is -0.0457. The van der Waals surface area contributed by atoms with E-state index in [1.54, 1.807) is 18.2 Å². The van der Waals surface area contributed by atoms with Crippen LogP contribution >= 0.6 is 11.6 Å². The van der Waals surface area contributed by atoms with Gasteiger partial charge >= 0.3 is 0 Å². The van der Waals surface area contributed by atoms with Crippen LogP contribution in [0, 0.1) is 0 Å². The summed E-state index contributed by atoms with van der Waals surface area (Å²) in [4.78, 5) is 28.2. The summed E-state index contributed by atoms with van der Waals surface area (Å²) in [7, 11) is 0. The summed E-state index contributed by atoms with van der Waals surface area (Å²) in [6.45, 7) is 7.83. The van der Waals surface area contributed by atoms with Crippen LogP contribution in [0.25, 0.3) is 0 Å². The van der Waals surface area contributed by atoms with E-state index < -0.39 is 0 Å². The highest BCUT2D eigenvalue weighted by molar-refractivity contribution is 6.33. The average molecular weight is 385 g/mol. The zero-order valence-electron chi connectivity index (χ0n) is 16.0. The molecule has 2 atom stereocenters. The van der Waals surface area contributed by atoms with Gasteiger partial charge in [0.2, 0.25) is 0 Å². The van der Waals surface area contributed by atoms with Crippen molar-refractivity contribution in [1.29, 1.82) is 0 Å². The molecule has 1 aliphatic heterocycles. The van der Waals surface area contributed by atoms with Crippen molar-refractivity contribution in [2.24, 2.45) is 0 Å². The lowest BCUT2D eigenvalue weighted by Crippen LogP contribution is -2.59. The molecule has 0 radical (unpaired) electrons. The van der Waals surface area contributed by atoms with Crippen LogP contribution in [0.1, 0.15) is 47.1 Å². The third-order valence-electron chi connectivity index (χ3n) is 5.55. The number of aldehydes is 1. The van der Waals surface area contributed by atoms with E-state index in [2.05, 4.69) is 49.9 Å². The van der Waals surface area contributed by atoms with Crippen LogP contribution < -0.4 is 4.90 Å². The first-order chi connectivity index (χ1) is 13.0. The molecular formula is C22H25ClN2O2. The van der Waals surface area contributed by atoms with Crippen molar-refractivity contribution >= 4 is 29.5 Å². The third-order valence-corrected chi connectivity index (χ3v) is 5.88. The van der Waals surface area contributed by atoms with Crippen molar-refractivity contribution in [3.63, 3.8) is 0 Å². The number of piperazine rings is 1. The lowest BCUT2D eigenvalue weighted by Gasteiger charge is -2.46. The number of nitrogens with zero attached hydrogens (tertiary/aromatic N) is 2. The highest BCUT2D eigenvalue weighted by Crippen LogP contribution is 2.27. The van der Waals surface area contributed by atoms with E-state index in [0.717, 1.165) is 13.0 Å². The predicted molar refractivity (Wildman–Crippen MR) is 110 cm³/mol.